The van der Waals surface area contributed by atoms with Gasteiger partial charge in [0.05, 0.1) is 18.0 Å². The van der Waals surface area contributed by atoms with E-state index in [4.69, 9.17) is 4.74 Å². The molecule has 1 unspecified atom stereocenters. The van der Waals surface area contributed by atoms with Gasteiger partial charge >= 0.3 is 0 Å². The predicted molar refractivity (Wildman–Crippen MR) is 112 cm³/mol. The Hall–Kier alpha value is -2.46. The molecular weight excluding hydrogens is 368 g/mol. The molecule has 0 aliphatic carbocycles. The number of rotatable bonds is 3. The van der Waals surface area contributed by atoms with Gasteiger partial charge in [-0.1, -0.05) is 42.2 Å². The summed E-state index contributed by atoms with van der Waals surface area (Å²) in [5, 5.41) is 9.79. The average molecular weight is 393 g/mol. The van der Waals surface area contributed by atoms with Crippen LogP contribution in [0.2, 0.25) is 0 Å². The number of fused-ring (bicyclic) bond motifs is 3. The molecule has 0 fully saturated rings. The van der Waals surface area contributed by atoms with Gasteiger partial charge in [0, 0.05) is 5.56 Å². The van der Waals surface area contributed by atoms with Gasteiger partial charge in [-0.15, -0.1) is 21.5 Å². The maximum absolute atomic E-state index is 6.13. The van der Waals surface area contributed by atoms with Crippen molar-refractivity contribution < 1.29 is 4.74 Å². The number of hydrogen-bond acceptors (Lipinski definition) is 5. The topological polar surface area (TPSA) is 43.2 Å². The minimum absolute atomic E-state index is 0.0892. The number of nitrogens with zero attached hydrogens (tertiary/aromatic N) is 4. The van der Waals surface area contributed by atoms with Crippen molar-refractivity contribution in [1.29, 1.82) is 0 Å². The lowest BCUT2D eigenvalue weighted by molar-refractivity contribution is 0.0493. The van der Waals surface area contributed by atoms with E-state index in [9.17, 15) is 0 Å². The highest BCUT2D eigenvalue weighted by Crippen LogP contribution is 2.39. The molecule has 0 saturated carbocycles. The van der Waals surface area contributed by atoms with Crippen LogP contribution in [0.5, 0.6) is 0 Å². The SMILES string of the molecule is Cc1nnc2n1-c1sc(C#CCN(C)C)c(Cc3ccccc3)c1COC2C. The Labute approximate surface area is 170 Å². The smallest absolute Gasteiger partial charge is 0.167 e. The molecule has 144 valence electrons. The minimum atomic E-state index is -0.0892. The van der Waals surface area contributed by atoms with Gasteiger partial charge in [0.15, 0.2) is 5.82 Å². The second kappa shape index (κ2) is 7.88. The standard InChI is InChI=1S/C22H24N4OS/c1-15-21-24-23-16(2)26(21)22-19(14-27-15)18(13-17-9-6-5-7-10-17)20(28-22)11-8-12-25(3)4/h5-7,9-10,15H,12-14H2,1-4H3. The molecule has 1 aliphatic heterocycles. The zero-order valence-electron chi connectivity index (χ0n) is 16.7. The first-order valence-corrected chi connectivity index (χ1v) is 10.2. The van der Waals surface area contributed by atoms with Crippen LogP contribution in [0.15, 0.2) is 30.3 Å². The van der Waals surface area contributed by atoms with Crippen LogP contribution in [-0.4, -0.2) is 40.3 Å². The minimum Gasteiger partial charge on any atom is -0.366 e. The van der Waals surface area contributed by atoms with Gasteiger partial charge in [0.25, 0.3) is 0 Å². The molecule has 1 aromatic carbocycles. The zero-order valence-corrected chi connectivity index (χ0v) is 17.5. The molecule has 2 aromatic heterocycles. The highest BCUT2D eigenvalue weighted by Gasteiger charge is 2.28. The van der Waals surface area contributed by atoms with Gasteiger partial charge in [-0.3, -0.25) is 9.47 Å². The summed E-state index contributed by atoms with van der Waals surface area (Å²) in [6.07, 6.45) is 0.751. The van der Waals surface area contributed by atoms with Crippen molar-refractivity contribution in [2.24, 2.45) is 0 Å². The van der Waals surface area contributed by atoms with Crippen LogP contribution in [-0.2, 0) is 17.8 Å². The molecule has 0 bridgehead atoms. The Morgan fingerprint density at radius 1 is 1.25 bits per heavy atom. The van der Waals surface area contributed by atoms with Crippen LogP contribution in [0.25, 0.3) is 5.00 Å². The summed E-state index contributed by atoms with van der Waals surface area (Å²) >= 11 is 1.72. The Morgan fingerprint density at radius 2 is 2.04 bits per heavy atom. The number of benzene rings is 1. The van der Waals surface area contributed by atoms with Gasteiger partial charge in [0.2, 0.25) is 0 Å². The highest BCUT2D eigenvalue weighted by molar-refractivity contribution is 7.15. The summed E-state index contributed by atoms with van der Waals surface area (Å²) in [4.78, 5) is 3.18. The molecule has 0 N–H and O–H groups in total. The normalized spacial score (nSPS) is 15.5. The van der Waals surface area contributed by atoms with E-state index in [-0.39, 0.29) is 6.10 Å². The first-order chi connectivity index (χ1) is 13.5. The van der Waals surface area contributed by atoms with Gasteiger partial charge in [-0.25, -0.2) is 0 Å². The monoisotopic (exact) mass is 392 g/mol. The molecule has 0 spiro atoms. The van der Waals surface area contributed by atoms with E-state index in [0.717, 1.165) is 34.5 Å². The summed E-state index contributed by atoms with van der Waals surface area (Å²) in [5.41, 5.74) is 3.74. The maximum atomic E-state index is 6.13. The molecular formula is C22H24N4OS. The molecule has 28 heavy (non-hydrogen) atoms. The van der Waals surface area contributed by atoms with Crippen LogP contribution in [0.1, 0.15) is 46.2 Å². The largest absolute Gasteiger partial charge is 0.366 e. The first kappa shape index (κ1) is 18.9. The molecule has 1 atom stereocenters. The Morgan fingerprint density at radius 3 is 2.79 bits per heavy atom. The van der Waals surface area contributed by atoms with Crippen LogP contribution in [0.3, 0.4) is 0 Å². The van der Waals surface area contributed by atoms with Crippen molar-refractivity contribution in [2.75, 3.05) is 20.6 Å². The van der Waals surface area contributed by atoms with Gasteiger partial charge in [-0.05, 0) is 45.5 Å². The van der Waals surface area contributed by atoms with Crippen molar-refractivity contribution in [1.82, 2.24) is 19.7 Å². The summed E-state index contributed by atoms with van der Waals surface area (Å²) in [5.74, 6) is 8.45. The highest BCUT2D eigenvalue weighted by atomic mass is 32.1. The predicted octanol–water partition coefficient (Wildman–Crippen LogP) is 3.73. The van der Waals surface area contributed by atoms with Crippen molar-refractivity contribution in [3.63, 3.8) is 0 Å². The molecule has 3 aromatic rings. The van der Waals surface area contributed by atoms with Crippen molar-refractivity contribution >= 4 is 11.3 Å². The third-order valence-corrected chi connectivity index (χ3v) is 5.99. The second-order valence-electron chi connectivity index (χ2n) is 7.29. The van der Waals surface area contributed by atoms with E-state index >= 15 is 0 Å². The van der Waals surface area contributed by atoms with Crippen molar-refractivity contribution in [2.45, 2.75) is 33.0 Å². The zero-order chi connectivity index (χ0) is 19.7. The van der Waals surface area contributed by atoms with E-state index in [1.165, 1.54) is 16.7 Å². The fourth-order valence-corrected chi connectivity index (χ4v) is 4.61. The molecule has 5 nitrogen and oxygen atoms in total. The fourth-order valence-electron chi connectivity index (χ4n) is 3.36. The van der Waals surface area contributed by atoms with Crippen LogP contribution < -0.4 is 0 Å². The number of aromatic nitrogens is 3. The van der Waals surface area contributed by atoms with Crippen LogP contribution >= 0.6 is 11.3 Å². The number of ether oxygens (including phenoxy) is 1. The second-order valence-corrected chi connectivity index (χ2v) is 8.29. The summed E-state index contributed by atoms with van der Waals surface area (Å²) < 4.78 is 8.27. The van der Waals surface area contributed by atoms with Crippen LogP contribution in [0, 0.1) is 18.8 Å². The molecule has 0 radical (unpaired) electrons. The lowest BCUT2D eigenvalue weighted by Crippen LogP contribution is -2.10. The lowest BCUT2D eigenvalue weighted by atomic mass is 10.0. The van der Waals surface area contributed by atoms with Crippen LogP contribution in [0.4, 0.5) is 0 Å². The van der Waals surface area contributed by atoms with Gasteiger partial charge in [-0.2, -0.15) is 0 Å². The molecule has 4 rings (SSSR count). The van der Waals surface area contributed by atoms with Crippen molar-refractivity contribution in [3.05, 3.63) is 63.5 Å². The van der Waals surface area contributed by atoms with E-state index in [2.05, 4.69) is 55.8 Å². The molecule has 3 heterocycles. The molecule has 1 aliphatic rings. The summed E-state index contributed by atoms with van der Waals surface area (Å²) in [7, 11) is 4.07. The maximum Gasteiger partial charge on any atom is 0.167 e. The quantitative estimate of drug-likeness (QED) is 0.637. The van der Waals surface area contributed by atoms with E-state index in [0.29, 0.717) is 6.61 Å². The number of hydrogen-bond donors (Lipinski definition) is 0. The lowest BCUT2D eigenvalue weighted by Gasteiger charge is -2.09. The number of thiophene rings is 1. The molecule has 0 amide bonds. The Bertz CT molecular complexity index is 1040. The third kappa shape index (κ3) is 3.61. The van der Waals surface area contributed by atoms with Crippen molar-refractivity contribution in [3.8, 4) is 16.8 Å². The first-order valence-electron chi connectivity index (χ1n) is 9.40. The molecule has 6 heteroatoms. The third-order valence-electron chi connectivity index (χ3n) is 4.81. The Kier molecular flexibility index (Phi) is 5.31. The Balaban J connectivity index is 1.85. The van der Waals surface area contributed by atoms with E-state index in [1.807, 2.05) is 34.0 Å². The van der Waals surface area contributed by atoms with Gasteiger partial charge < -0.3 is 4.74 Å². The van der Waals surface area contributed by atoms with E-state index in [1.54, 1.807) is 11.3 Å². The van der Waals surface area contributed by atoms with Gasteiger partial charge in [0.1, 0.15) is 16.9 Å². The summed E-state index contributed by atoms with van der Waals surface area (Å²) in [6, 6.07) is 10.5. The fraction of sp³-hybridized carbons (Fsp3) is 0.364. The number of aryl methyl sites for hydroxylation is 1. The summed E-state index contributed by atoms with van der Waals surface area (Å²) in [6.45, 7) is 5.32. The molecule has 0 saturated heterocycles. The average Bonchev–Trinajstić information content (AvgIpc) is 3.17. The van der Waals surface area contributed by atoms with E-state index < -0.39 is 0 Å².